The molecule has 0 aromatic carbocycles. The van der Waals surface area contributed by atoms with E-state index < -0.39 is 0 Å². The molecule has 31 heavy (non-hydrogen) atoms. The van der Waals surface area contributed by atoms with Gasteiger partial charge in [-0.15, -0.1) is 5.10 Å². The Balaban J connectivity index is 1.15. The highest BCUT2D eigenvalue weighted by atomic mass is 16.5. The molecule has 10 heteroatoms. The fourth-order valence-electron chi connectivity index (χ4n) is 4.85. The van der Waals surface area contributed by atoms with Crippen molar-refractivity contribution in [3.8, 4) is 5.69 Å². The van der Waals surface area contributed by atoms with E-state index in [0.29, 0.717) is 24.7 Å². The Kier molecular flexibility index (Phi) is 5.01. The summed E-state index contributed by atoms with van der Waals surface area (Å²) in [4.78, 5) is 31.2. The zero-order valence-corrected chi connectivity index (χ0v) is 17.5. The Labute approximate surface area is 179 Å². The summed E-state index contributed by atoms with van der Waals surface area (Å²) in [5, 5.41) is 14.7. The summed E-state index contributed by atoms with van der Waals surface area (Å²) >= 11 is 0. The Morgan fingerprint density at radius 3 is 2.71 bits per heavy atom. The Hall–Kier alpha value is -3.14. The molecule has 2 aromatic heterocycles. The number of pyridine rings is 1. The zero-order valence-electron chi connectivity index (χ0n) is 17.5. The molecule has 5 rings (SSSR count). The summed E-state index contributed by atoms with van der Waals surface area (Å²) in [6, 6.07) is 4.27. The Morgan fingerprint density at radius 1 is 1.23 bits per heavy atom. The first-order valence-corrected chi connectivity index (χ1v) is 10.7. The molecule has 162 valence electrons. The van der Waals surface area contributed by atoms with Gasteiger partial charge in [-0.2, -0.15) is 4.68 Å². The van der Waals surface area contributed by atoms with E-state index in [-0.39, 0.29) is 23.9 Å². The molecule has 1 spiro atoms. The largest absolute Gasteiger partial charge is 0.456 e. The molecule has 0 bridgehead atoms. The van der Waals surface area contributed by atoms with Crippen molar-refractivity contribution in [2.24, 2.45) is 5.41 Å². The summed E-state index contributed by atoms with van der Waals surface area (Å²) < 4.78 is 6.67. The number of esters is 1. The summed E-state index contributed by atoms with van der Waals surface area (Å²) in [6.45, 7) is 3.32. The summed E-state index contributed by atoms with van der Waals surface area (Å²) in [7, 11) is 0. The van der Waals surface area contributed by atoms with Gasteiger partial charge in [0.1, 0.15) is 12.9 Å². The molecule has 1 saturated carbocycles. The number of aromatic nitrogens is 5. The first-order valence-electron chi connectivity index (χ1n) is 10.7. The molecular weight excluding hydrogens is 398 g/mol. The van der Waals surface area contributed by atoms with Crippen LogP contribution in [0, 0.1) is 5.41 Å². The first-order chi connectivity index (χ1) is 15.1. The molecule has 1 N–H and O–H groups in total. The van der Waals surface area contributed by atoms with Crippen molar-refractivity contribution in [2.75, 3.05) is 13.2 Å². The fourth-order valence-corrected chi connectivity index (χ4v) is 4.85. The second kappa shape index (κ2) is 7.84. The van der Waals surface area contributed by atoms with Crippen molar-refractivity contribution < 1.29 is 14.3 Å². The van der Waals surface area contributed by atoms with E-state index >= 15 is 0 Å². The van der Waals surface area contributed by atoms with E-state index in [0.717, 1.165) is 49.2 Å². The number of hydrogen-bond acceptors (Lipinski definition) is 8. The monoisotopic (exact) mass is 423 g/mol. The van der Waals surface area contributed by atoms with E-state index in [1.165, 1.54) is 6.33 Å². The molecule has 0 unspecified atom stereocenters. The maximum Gasteiger partial charge on any atom is 0.336 e. The number of likely N-dealkylation sites (tertiary alicyclic amines) is 1. The third-order valence-electron chi connectivity index (χ3n) is 6.85. The predicted octanol–water partition coefficient (Wildman–Crippen LogP) is 1.14. The molecular formula is C21H25N7O3. The van der Waals surface area contributed by atoms with Crippen LogP contribution in [-0.2, 0) is 20.9 Å². The second-order valence-electron chi connectivity index (χ2n) is 8.55. The predicted molar refractivity (Wildman–Crippen MR) is 108 cm³/mol. The summed E-state index contributed by atoms with van der Waals surface area (Å²) in [6.07, 6.45) is 7.78. The van der Waals surface area contributed by atoms with Crippen LogP contribution in [-0.4, -0.2) is 61.2 Å². The number of amides is 1. The minimum absolute atomic E-state index is 0.165. The van der Waals surface area contributed by atoms with Crippen molar-refractivity contribution in [3.05, 3.63) is 41.6 Å². The van der Waals surface area contributed by atoms with Gasteiger partial charge in [0.2, 0.25) is 5.91 Å². The molecule has 1 saturated heterocycles. The van der Waals surface area contributed by atoms with Gasteiger partial charge in [-0.3, -0.25) is 9.78 Å². The molecule has 0 atom stereocenters. The molecule has 1 amide bonds. The van der Waals surface area contributed by atoms with Gasteiger partial charge < -0.3 is 15.0 Å². The van der Waals surface area contributed by atoms with E-state index in [1.54, 1.807) is 22.7 Å². The number of tetrazole rings is 1. The van der Waals surface area contributed by atoms with Crippen LogP contribution < -0.4 is 5.32 Å². The topological polar surface area (TPSA) is 115 Å². The van der Waals surface area contributed by atoms with E-state index in [1.807, 2.05) is 12.1 Å². The van der Waals surface area contributed by atoms with Gasteiger partial charge in [-0.25, -0.2) is 4.79 Å². The van der Waals surface area contributed by atoms with Crippen molar-refractivity contribution in [1.82, 2.24) is 35.4 Å². The molecule has 2 fully saturated rings. The molecule has 2 aromatic rings. The summed E-state index contributed by atoms with van der Waals surface area (Å²) in [5.41, 5.74) is 2.80. The van der Waals surface area contributed by atoms with Gasteiger partial charge in [-0.1, -0.05) is 0 Å². The minimum atomic E-state index is -0.309. The molecule has 3 aliphatic rings. The number of carbonyl (C=O) groups is 2. The highest BCUT2D eigenvalue weighted by molar-refractivity contribution is 5.94. The average Bonchev–Trinajstić information content (AvgIpc) is 3.51. The van der Waals surface area contributed by atoms with Crippen LogP contribution >= 0.6 is 0 Å². The standard InChI is InChI=1S/C21H25N7O3/c1-14-18(12-31-19(14)29)27-9-8-21(20(27)30)6-4-15(5-7-21)22-10-16-2-3-17(11-23-16)28-13-24-25-26-28/h2-3,11,13,15,22H,4-10,12H2,1H3/t15-,21-. The van der Waals surface area contributed by atoms with Crippen molar-refractivity contribution in [3.63, 3.8) is 0 Å². The van der Waals surface area contributed by atoms with Gasteiger partial charge in [-0.05, 0) is 61.6 Å². The molecule has 0 radical (unpaired) electrons. The van der Waals surface area contributed by atoms with E-state index in [2.05, 4.69) is 25.8 Å². The number of carbonyl (C=O) groups excluding carboxylic acids is 2. The Morgan fingerprint density at radius 2 is 2.06 bits per heavy atom. The number of cyclic esters (lactones) is 1. The minimum Gasteiger partial charge on any atom is -0.456 e. The second-order valence-corrected chi connectivity index (χ2v) is 8.55. The van der Waals surface area contributed by atoms with Crippen molar-refractivity contribution in [1.29, 1.82) is 0 Å². The smallest absolute Gasteiger partial charge is 0.336 e. The fraction of sp³-hybridized carbons (Fsp3) is 0.524. The molecule has 4 heterocycles. The van der Waals surface area contributed by atoms with Crippen LogP contribution in [0.25, 0.3) is 5.69 Å². The maximum atomic E-state index is 13.2. The van der Waals surface area contributed by atoms with E-state index in [4.69, 9.17) is 4.74 Å². The molecule has 10 nitrogen and oxygen atoms in total. The van der Waals surface area contributed by atoms with Crippen LogP contribution in [0.3, 0.4) is 0 Å². The SMILES string of the molecule is CC1=C(N2CC[C@]3(CC[C@@H](NCc4ccc(-n5cnnn5)cn4)CC3)C2=O)COC1=O. The van der Waals surface area contributed by atoms with Crippen LogP contribution in [0.1, 0.15) is 44.7 Å². The lowest BCUT2D eigenvalue weighted by atomic mass is 9.71. The lowest BCUT2D eigenvalue weighted by Gasteiger charge is -2.36. The van der Waals surface area contributed by atoms with Gasteiger partial charge in [0.25, 0.3) is 0 Å². The number of hydrogen-bond donors (Lipinski definition) is 1. The van der Waals surface area contributed by atoms with Crippen LogP contribution in [0.15, 0.2) is 35.9 Å². The maximum absolute atomic E-state index is 13.2. The number of ether oxygens (including phenoxy) is 1. The first kappa shape index (κ1) is 19.8. The Bertz CT molecular complexity index is 1010. The van der Waals surface area contributed by atoms with E-state index in [9.17, 15) is 9.59 Å². The lowest BCUT2D eigenvalue weighted by Crippen LogP contribution is -2.42. The van der Waals surface area contributed by atoms with Crippen LogP contribution in [0.5, 0.6) is 0 Å². The van der Waals surface area contributed by atoms with Crippen molar-refractivity contribution >= 4 is 11.9 Å². The lowest BCUT2D eigenvalue weighted by molar-refractivity contribution is -0.138. The zero-order chi connectivity index (χ0) is 21.4. The number of nitrogens with one attached hydrogen (secondary N) is 1. The van der Waals surface area contributed by atoms with Crippen molar-refractivity contribution in [2.45, 2.75) is 51.6 Å². The number of rotatable bonds is 5. The van der Waals surface area contributed by atoms with Crippen LogP contribution in [0.2, 0.25) is 0 Å². The number of nitrogens with zero attached hydrogens (tertiary/aromatic N) is 6. The highest BCUT2D eigenvalue weighted by Crippen LogP contribution is 2.46. The quantitative estimate of drug-likeness (QED) is 0.712. The van der Waals surface area contributed by atoms with Gasteiger partial charge in [0.15, 0.2) is 0 Å². The highest BCUT2D eigenvalue weighted by Gasteiger charge is 2.50. The van der Waals surface area contributed by atoms with Gasteiger partial charge in [0, 0.05) is 19.1 Å². The van der Waals surface area contributed by atoms with Crippen LogP contribution in [0.4, 0.5) is 0 Å². The third-order valence-corrected chi connectivity index (χ3v) is 6.85. The average molecular weight is 423 g/mol. The molecule has 2 aliphatic heterocycles. The van der Waals surface area contributed by atoms with Gasteiger partial charge >= 0.3 is 5.97 Å². The third kappa shape index (κ3) is 3.60. The normalized spacial score (nSPS) is 26.2. The summed E-state index contributed by atoms with van der Waals surface area (Å²) in [5.74, 6) is -0.144. The van der Waals surface area contributed by atoms with Gasteiger partial charge in [0.05, 0.1) is 34.3 Å². The molecule has 1 aliphatic carbocycles.